The summed E-state index contributed by atoms with van der Waals surface area (Å²) in [6, 6.07) is 25.7. The number of fused-ring (bicyclic) bond motifs is 1. The lowest BCUT2D eigenvalue weighted by Gasteiger charge is -2.38. The van der Waals surface area contributed by atoms with E-state index in [1.54, 1.807) is 0 Å². The zero-order valence-electron chi connectivity index (χ0n) is 20.7. The van der Waals surface area contributed by atoms with Crippen molar-refractivity contribution in [3.05, 3.63) is 95.1 Å². The van der Waals surface area contributed by atoms with Crippen LogP contribution in [0.5, 0.6) is 11.5 Å². The van der Waals surface area contributed by atoms with Gasteiger partial charge in [0.25, 0.3) is 0 Å². The highest BCUT2D eigenvalue weighted by atomic mass is 16.5. The normalized spacial score (nSPS) is 18.8. The van der Waals surface area contributed by atoms with Crippen LogP contribution in [0, 0.1) is 0 Å². The van der Waals surface area contributed by atoms with Gasteiger partial charge in [-0.2, -0.15) is 0 Å². The zero-order valence-corrected chi connectivity index (χ0v) is 20.7. The fraction of sp³-hybridized carbons (Fsp3) is 0.419. The van der Waals surface area contributed by atoms with Crippen LogP contribution in [-0.4, -0.2) is 54.2 Å². The third kappa shape index (κ3) is 6.45. The molecule has 3 aromatic rings. The molecule has 3 aromatic carbocycles. The van der Waals surface area contributed by atoms with Crippen LogP contribution in [0.4, 0.5) is 0 Å². The van der Waals surface area contributed by atoms with Gasteiger partial charge in [-0.3, -0.25) is 9.80 Å². The number of hydrogen-bond donors (Lipinski definition) is 1. The van der Waals surface area contributed by atoms with E-state index in [0.717, 1.165) is 51.3 Å². The zero-order chi connectivity index (χ0) is 23.9. The third-order valence-corrected chi connectivity index (χ3v) is 7.60. The van der Waals surface area contributed by atoms with Crippen LogP contribution in [0.2, 0.25) is 0 Å². The van der Waals surface area contributed by atoms with E-state index in [1.807, 2.05) is 12.1 Å². The molecule has 0 bridgehead atoms. The van der Waals surface area contributed by atoms with Crippen molar-refractivity contribution >= 4 is 0 Å². The predicted molar refractivity (Wildman–Crippen MR) is 142 cm³/mol. The van der Waals surface area contributed by atoms with Crippen LogP contribution in [-0.2, 0) is 19.3 Å². The van der Waals surface area contributed by atoms with Gasteiger partial charge in [0.05, 0.1) is 0 Å². The number of benzene rings is 3. The third-order valence-electron chi connectivity index (χ3n) is 7.60. The van der Waals surface area contributed by atoms with Gasteiger partial charge >= 0.3 is 0 Å². The Morgan fingerprint density at radius 1 is 0.800 bits per heavy atom. The lowest BCUT2D eigenvalue weighted by atomic mass is 9.88. The average molecular weight is 471 g/mol. The first kappa shape index (κ1) is 23.9. The second-order valence-electron chi connectivity index (χ2n) is 10.0. The first-order valence-corrected chi connectivity index (χ1v) is 13.3. The number of rotatable bonds is 9. The molecule has 1 saturated heterocycles. The highest BCUT2D eigenvalue weighted by molar-refractivity contribution is 5.40. The standard InChI is InChI=1S/C31H38N2O2/c34-28-11-14-30-27(24-28)16-20-33(19-15-25-7-3-1-4-8-25)31(30)23-26-9-12-29(13-10-26)35-22-21-32-17-5-2-6-18-32/h1,3-4,7-14,24,31,34H,2,5-6,15-23H2. The van der Waals surface area contributed by atoms with Gasteiger partial charge in [0.15, 0.2) is 0 Å². The first-order chi connectivity index (χ1) is 17.2. The molecule has 0 aliphatic carbocycles. The fourth-order valence-electron chi connectivity index (χ4n) is 5.60. The van der Waals surface area contributed by atoms with E-state index in [4.69, 9.17) is 4.74 Å². The molecule has 2 aliphatic rings. The lowest BCUT2D eigenvalue weighted by Crippen LogP contribution is -2.38. The number of nitrogens with zero attached hydrogens (tertiary/aromatic N) is 2. The summed E-state index contributed by atoms with van der Waals surface area (Å²) in [6.07, 6.45) is 7.01. The molecule has 1 atom stereocenters. The summed E-state index contributed by atoms with van der Waals surface area (Å²) >= 11 is 0. The van der Waals surface area contributed by atoms with Gasteiger partial charge < -0.3 is 9.84 Å². The SMILES string of the molecule is Oc1ccc2c(c1)CCN(CCc1ccccc1)C2Cc1ccc(OCCN2CCCCC2)cc1. The number of phenolic OH excluding ortho intramolecular Hbond substituents is 1. The molecule has 2 aliphatic heterocycles. The minimum atomic E-state index is 0.314. The molecule has 1 fully saturated rings. The topological polar surface area (TPSA) is 35.9 Å². The minimum absolute atomic E-state index is 0.314. The molecule has 0 saturated carbocycles. The number of piperidine rings is 1. The van der Waals surface area contributed by atoms with E-state index >= 15 is 0 Å². The molecular formula is C31H38N2O2. The summed E-state index contributed by atoms with van der Waals surface area (Å²) in [4.78, 5) is 5.13. The van der Waals surface area contributed by atoms with E-state index < -0.39 is 0 Å². The molecule has 2 heterocycles. The Morgan fingerprint density at radius 3 is 2.40 bits per heavy atom. The monoisotopic (exact) mass is 470 g/mol. The van der Waals surface area contributed by atoms with Gasteiger partial charge in [0, 0.05) is 25.7 Å². The molecule has 5 rings (SSSR count). The van der Waals surface area contributed by atoms with Crippen LogP contribution >= 0.6 is 0 Å². The maximum absolute atomic E-state index is 10.0. The van der Waals surface area contributed by atoms with Crippen molar-refractivity contribution in [3.63, 3.8) is 0 Å². The number of aromatic hydroxyl groups is 1. The summed E-state index contributed by atoms with van der Waals surface area (Å²) in [5, 5.41) is 10.0. The maximum Gasteiger partial charge on any atom is 0.119 e. The Kier molecular flexibility index (Phi) is 8.02. The molecule has 1 N–H and O–H groups in total. The van der Waals surface area contributed by atoms with Crippen LogP contribution in [0.25, 0.3) is 0 Å². The lowest BCUT2D eigenvalue weighted by molar-refractivity contribution is 0.183. The van der Waals surface area contributed by atoms with Gasteiger partial charge in [-0.1, -0.05) is 55.0 Å². The highest BCUT2D eigenvalue weighted by Gasteiger charge is 2.27. The Morgan fingerprint density at radius 2 is 1.60 bits per heavy atom. The van der Waals surface area contributed by atoms with Gasteiger partial charge in [0.2, 0.25) is 0 Å². The maximum atomic E-state index is 10.0. The highest BCUT2D eigenvalue weighted by Crippen LogP contribution is 2.34. The van der Waals surface area contributed by atoms with E-state index in [9.17, 15) is 5.11 Å². The molecule has 184 valence electrons. The second-order valence-corrected chi connectivity index (χ2v) is 10.0. The quantitative estimate of drug-likeness (QED) is 0.439. The summed E-state index contributed by atoms with van der Waals surface area (Å²) in [7, 11) is 0. The summed E-state index contributed by atoms with van der Waals surface area (Å²) in [6.45, 7) is 6.25. The number of likely N-dealkylation sites (tertiary alicyclic amines) is 1. The van der Waals surface area contributed by atoms with Gasteiger partial charge in [-0.25, -0.2) is 0 Å². The average Bonchev–Trinajstić information content (AvgIpc) is 2.90. The van der Waals surface area contributed by atoms with Crippen molar-refractivity contribution in [3.8, 4) is 11.5 Å². The van der Waals surface area contributed by atoms with E-state index in [0.29, 0.717) is 11.8 Å². The van der Waals surface area contributed by atoms with Crippen molar-refractivity contribution < 1.29 is 9.84 Å². The Balaban J connectivity index is 1.23. The van der Waals surface area contributed by atoms with Crippen LogP contribution in [0.15, 0.2) is 72.8 Å². The largest absolute Gasteiger partial charge is 0.508 e. The smallest absolute Gasteiger partial charge is 0.119 e. The molecule has 4 heteroatoms. The van der Waals surface area contributed by atoms with Crippen molar-refractivity contribution in [2.45, 2.75) is 44.6 Å². The molecule has 1 unspecified atom stereocenters. The first-order valence-electron chi connectivity index (χ1n) is 13.3. The van der Waals surface area contributed by atoms with Crippen LogP contribution in [0.1, 0.15) is 47.6 Å². The van der Waals surface area contributed by atoms with Crippen LogP contribution < -0.4 is 4.74 Å². The van der Waals surface area contributed by atoms with Crippen LogP contribution in [0.3, 0.4) is 0 Å². The van der Waals surface area contributed by atoms with Crippen molar-refractivity contribution in [1.82, 2.24) is 9.80 Å². The Hall–Kier alpha value is -2.82. The summed E-state index contributed by atoms with van der Waals surface area (Å²) in [5.74, 6) is 1.33. The second kappa shape index (κ2) is 11.7. The Labute approximate surface area is 210 Å². The van der Waals surface area contributed by atoms with Crippen molar-refractivity contribution in [1.29, 1.82) is 0 Å². The fourth-order valence-corrected chi connectivity index (χ4v) is 5.60. The van der Waals surface area contributed by atoms with Gasteiger partial charge in [-0.05, 0) is 91.7 Å². The van der Waals surface area contributed by atoms with E-state index in [2.05, 4.69) is 70.5 Å². The number of ether oxygens (including phenoxy) is 1. The predicted octanol–water partition coefficient (Wildman–Crippen LogP) is 5.64. The molecular weight excluding hydrogens is 432 g/mol. The van der Waals surface area contributed by atoms with Crippen molar-refractivity contribution in [2.75, 3.05) is 39.3 Å². The molecule has 0 radical (unpaired) electrons. The molecule has 0 aromatic heterocycles. The van der Waals surface area contributed by atoms with Gasteiger partial charge in [-0.15, -0.1) is 0 Å². The number of phenols is 1. The molecule has 0 spiro atoms. The van der Waals surface area contributed by atoms with Crippen molar-refractivity contribution in [2.24, 2.45) is 0 Å². The summed E-state index contributed by atoms with van der Waals surface area (Å²) in [5.41, 5.74) is 5.34. The number of hydrogen-bond acceptors (Lipinski definition) is 4. The molecule has 35 heavy (non-hydrogen) atoms. The molecule has 4 nitrogen and oxygen atoms in total. The van der Waals surface area contributed by atoms with E-state index in [-0.39, 0.29) is 0 Å². The Bertz CT molecular complexity index is 1060. The minimum Gasteiger partial charge on any atom is -0.508 e. The van der Waals surface area contributed by atoms with Gasteiger partial charge in [0.1, 0.15) is 18.1 Å². The van der Waals surface area contributed by atoms with E-state index in [1.165, 1.54) is 54.6 Å². The summed E-state index contributed by atoms with van der Waals surface area (Å²) < 4.78 is 6.05. The molecule has 0 amide bonds.